The van der Waals surface area contributed by atoms with Gasteiger partial charge in [-0.25, -0.2) is 4.39 Å². The molecule has 1 aliphatic heterocycles. The van der Waals surface area contributed by atoms with Crippen molar-refractivity contribution in [2.24, 2.45) is 0 Å². The van der Waals surface area contributed by atoms with Gasteiger partial charge in [-0.15, -0.1) is 0 Å². The number of ether oxygens (including phenoxy) is 1. The van der Waals surface area contributed by atoms with E-state index in [1.54, 1.807) is 30.1 Å². The number of amides is 2. The first-order valence-corrected chi connectivity index (χ1v) is 7.47. The lowest BCUT2D eigenvalue weighted by Crippen LogP contribution is -2.46. The number of rotatable bonds is 6. The van der Waals surface area contributed by atoms with Crippen LogP contribution in [0.25, 0.3) is 0 Å². The van der Waals surface area contributed by atoms with E-state index >= 15 is 0 Å². The van der Waals surface area contributed by atoms with E-state index in [9.17, 15) is 14.0 Å². The Morgan fingerprint density at radius 1 is 1.45 bits per heavy atom. The molecule has 120 valence electrons. The molecule has 1 aromatic rings. The molecule has 1 fully saturated rings. The molecule has 0 aromatic heterocycles. The first kappa shape index (κ1) is 16.3. The van der Waals surface area contributed by atoms with Crippen LogP contribution in [0.15, 0.2) is 24.3 Å². The van der Waals surface area contributed by atoms with Crippen LogP contribution in [-0.2, 0) is 9.59 Å². The van der Waals surface area contributed by atoms with Crippen molar-refractivity contribution in [3.05, 3.63) is 30.1 Å². The minimum atomic E-state index is -0.406. The van der Waals surface area contributed by atoms with E-state index < -0.39 is 5.82 Å². The van der Waals surface area contributed by atoms with E-state index in [-0.39, 0.29) is 30.2 Å². The molecule has 1 atom stereocenters. The van der Waals surface area contributed by atoms with Crippen molar-refractivity contribution in [1.29, 1.82) is 0 Å². The van der Waals surface area contributed by atoms with E-state index in [4.69, 9.17) is 4.74 Å². The maximum absolute atomic E-state index is 13.3. The van der Waals surface area contributed by atoms with E-state index in [2.05, 4.69) is 5.32 Å². The van der Waals surface area contributed by atoms with Crippen molar-refractivity contribution in [2.75, 3.05) is 20.2 Å². The SMILES string of the molecule is CN1CC[C@@H](NC(=O)CCCOc2ccccc2F)CC1=O. The van der Waals surface area contributed by atoms with Gasteiger partial charge in [0.15, 0.2) is 11.6 Å². The summed E-state index contributed by atoms with van der Waals surface area (Å²) in [4.78, 5) is 25.0. The molecule has 0 saturated carbocycles. The molecule has 5 nitrogen and oxygen atoms in total. The Kier molecular flexibility index (Phi) is 5.75. The Hall–Kier alpha value is -2.11. The Morgan fingerprint density at radius 2 is 2.23 bits per heavy atom. The highest BCUT2D eigenvalue weighted by Gasteiger charge is 2.24. The smallest absolute Gasteiger partial charge is 0.224 e. The molecule has 0 bridgehead atoms. The number of para-hydroxylation sites is 1. The fourth-order valence-corrected chi connectivity index (χ4v) is 2.34. The zero-order chi connectivity index (χ0) is 15.9. The molecule has 1 heterocycles. The van der Waals surface area contributed by atoms with Crippen LogP contribution in [0.4, 0.5) is 4.39 Å². The van der Waals surface area contributed by atoms with Crippen LogP contribution in [0.3, 0.4) is 0 Å². The van der Waals surface area contributed by atoms with Gasteiger partial charge in [-0.1, -0.05) is 12.1 Å². The van der Waals surface area contributed by atoms with Crippen molar-refractivity contribution in [2.45, 2.75) is 31.7 Å². The van der Waals surface area contributed by atoms with Gasteiger partial charge < -0.3 is 15.0 Å². The first-order valence-electron chi connectivity index (χ1n) is 7.47. The molecule has 0 aliphatic carbocycles. The summed E-state index contributed by atoms with van der Waals surface area (Å²) in [6, 6.07) is 6.10. The largest absolute Gasteiger partial charge is 0.491 e. The average Bonchev–Trinajstić information content (AvgIpc) is 2.49. The van der Waals surface area contributed by atoms with Gasteiger partial charge in [0.05, 0.1) is 6.61 Å². The highest BCUT2D eigenvalue weighted by atomic mass is 19.1. The highest BCUT2D eigenvalue weighted by Crippen LogP contribution is 2.15. The fraction of sp³-hybridized carbons (Fsp3) is 0.500. The third-order valence-corrected chi connectivity index (χ3v) is 3.67. The van der Waals surface area contributed by atoms with Gasteiger partial charge in [-0.05, 0) is 25.0 Å². The number of nitrogens with one attached hydrogen (secondary N) is 1. The van der Waals surface area contributed by atoms with Gasteiger partial charge in [0, 0.05) is 32.5 Å². The Balaban J connectivity index is 1.64. The van der Waals surface area contributed by atoms with E-state index in [1.807, 2.05) is 0 Å². The van der Waals surface area contributed by atoms with E-state index in [0.29, 0.717) is 25.8 Å². The number of carbonyl (C=O) groups is 2. The van der Waals surface area contributed by atoms with Crippen LogP contribution < -0.4 is 10.1 Å². The molecule has 2 rings (SSSR count). The van der Waals surface area contributed by atoms with Crippen LogP contribution in [-0.4, -0.2) is 43.0 Å². The predicted molar refractivity (Wildman–Crippen MR) is 79.9 cm³/mol. The molecule has 1 aromatic carbocycles. The number of hydrogen-bond donors (Lipinski definition) is 1. The summed E-state index contributed by atoms with van der Waals surface area (Å²) in [5.74, 6) is -0.250. The van der Waals surface area contributed by atoms with Crippen LogP contribution in [0.5, 0.6) is 5.75 Å². The van der Waals surface area contributed by atoms with Crippen molar-refractivity contribution in [1.82, 2.24) is 10.2 Å². The summed E-state index contributed by atoms with van der Waals surface area (Å²) in [5, 5.41) is 2.86. The van der Waals surface area contributed by atoms with Gasteiger partial charge in [-0.3, -0.25) is 9.59 Å². The quantitative estimate of drug-likeness (QED) is 0.814. The molecule has 22 heavy (non-hydrogen) atoms. The lowest BCUT2D eigenvalue weighted by molar-refractivity contribution is -0.133. The summed E-state index contributed by atoms with van der Waals surface area (Å²) >= 11 is 0. The second-order valence-corrected chi connectivity index (χ2v) is 5.45. The average molecular weight is 308 g/mol. The minimum absolute atomic E-state index is 0.0550. The van der Waals surface area contributed by atoms with Gasteiger partial charge in [0.2, 0.25) is 11.8 Å². The maximum Gasteiger partial charge on any atom is 0.224 e. The molecular formula is C16H21FN2O3. The Labute approximate surface area is 129 Å². The standard InChI is InChI=1S/C16H21FN2O3/c1-19-9-8-12(11-16(19)21)18-15(20)7-4-10-22-14-6-3-2-5-13(14)17/h2-3,5-6,12H,4,7-11H2,1H3,(H,18,20)/t12-/m1/s1. The summed E-state index contributed by atoms with van der Waals surface area (Å²) < 4.78 is 18.6. The molecule has 6 heteroatoms. The van der Waals surface area contributed by atoms with Gasteiger partial charge in [0.25, 0.3) is 0 Å². The number of hydrogen-bond acceptors (Lipinski definition) is 3. The predicted octanol–water partition coefficient (Wildman–Crippen LogP) is 1.72. The molecule has 1 N–H and O–H groups in total. The number of benzene rings is 1. The monoisotopic (exact) mass is 308 g/mol. The van der Waals surface area contributed by atoms with Crippen molar-refractivity contribution in [3.8, 4) is 5.75 Å². The third-order valence-electron chi connectivity index (χ3n) is 3.67. The second-order valence-electron chi connectivity index (χ2n) is 5.45. The summed E-state index contributed by atoms with van der Waals surface area (Å²) in [6.45, 7) is 0.945. The van der Waals surface area contributed by atoms with Crippen molar-refractivity contribution < 1.29 is 18.7 Å². The highest BCUT2D eigenvalue weighted by molar-refractivity contribution is 5.80. The van der Waals surface area contributed by atoms with Crippen molar-refractivity contribution >= 4 is 11.8 Å². The molecule has 0 radical (unpaired) electrons. The minimum Gasteiger partial charge on any atom is -0.491 e. The van der Waals surface area contributed by atoms with Crippen LogP contribution >= 0.6 is 0 Å². The summed E-state index contributed by atoms with van der Waals surface area (Å²) in [7, 11) is 1.76. The van der Waals surface area contributed by atoms with E-state index in [1.165, 1.54) is 6.07 Å². The number of piperidine rings is 1. The fourth-order valence-electron chi connectivity index (χ4n) is 2.34. The number of likely N-dealkylation sites (tertiary alicyclic amines) is 1. The third kappa shape index (κ3) is 4.72. The van der Waals surface area contributed by atoms with Crippen LogP contribution in [0, 0.1) is 5.82 Å². The number of halogens is 1. The maximum atomic E-state index is 13.3. The second kappa shape index (κ2) is 7.77. The molecule has 1 saturated heterocycles. The first-order chi connectivity index (χ1) is 10.6. The van der Waals surface area contributed by atoms with Crippen LogP contribution in [0.1, 0.15) is 25.7 Å². The van der Waals surface area contributed by atoms with Crippen LogP contribution in [0.2, 0.25) is 0 Å². The van der Waals surface area contributed by atoms with Gasteiger partial charge in [0.1, 0.15) is 0 Å². The molecule has 1 aliphatic rings. The molecular weight excluding hydrogens is 287 g/mol. The lowest BCUT2D eigenvalue weighted by atomic mass is 10.0. The van der Waals surface area contributed by atoms with E-state index in [0.717, 1.165) is 6.42 Å². The van der Waals surface area contributed by atoms with Crippen molar-refractivity contribution in [3.63, 3.8) is 0 Å². The molecule has 2 amide bonds. The number of nitrogens with zero attached hydrogens (tertiary/aromatic N) is 1. The normalized spacial score (nSPS) is 18.2. The summed E-state index contributed by atoms with van der Waals surface area (Å²) in [5.41, 5.74) is 0. The topological polar surface area (TPSA) is 58.6 Å². The number of carbonyl (C=O) groups excluding carboxylic acids is 2. The Bertz CT molecular complexity index is 536. The zero-order valence-electron chi connectivity index (χ0n) is 12.7. The lowest BCUT2D eigenvalue weighted by Gasteiger charge is -2.29. The molecule has 0 spiro atoms. The van der Waals surface area contributed by atoms with Gasteiger partial charge in [-0.2, -0.15) is 0 Å². The summed E-state index contributed by atoms with van der Waals surface area (Å²) in [6.07, 6.45) is 1.93. The van der Waals surface area contributed by atoms with Gasteiger partial charge >= 0.3 is 0 Å². The molecule has 0 unspecified atom stereocenters. The zero-order valence-corrected chi connectivity index (χ0v) is 12.7. The Morgan fingerprint density at radius 3 is 2.95 bits per heavy atom.